The Bertz CT molecular complexity index is 1190. The van der Waals surface area contributed by atoms with E-state index in [4.69, 9.17) is 5.73 Å². The normalized spacial score (nSPS) is 10.8. The lowest BCUT2D eigenvalue weighted by Gasteiger charge is -2.24. The van der Waals surface area contributed by atoms with Gasteiger partial charge in [0.2, 0.25) is 5.91 Å². The predicted octanol–water partition coefficient (Wildman–Crippen LogP) is 3.38. The molecule has 0 atom stereocenters. The minimum absolute atomic E-state index is 0.0626. The summed E-state index contributed by atoms with van der Waals surface area (Å²) in [6.45, 7) is 2.37. The van der Waals surface area contributed by atoms with Crippen LogP contribution >= 0.6 is 11.8 Å². The summed E-state index contributed by atoms with van der Waals surface area (Å²) >= 11 is 1.03. The quantitative estimate of drug-likeness (QED) is 0.481. The Morgan fingerprint density at radius 2 is 1.81 bits per heavy atom. The van der Waals surface area contributed by atoms with E-state index in [9.17, 15) is 18.8 Å². The number of nitrogens with one attached hydrogen (secondary N) is 1. The number of thioether (sulfide) groups is 1. The van der Waals surface area contributed by atoms with Gasteiger partial charge in [-0.15, -0.1) is 11.8 Å². The molecular weight excluding hydrogens is 431 g/mol. The molecule has 0 aliphatic carbocycles. The molecule has 7 nitrogen and oxygen atoms in total. The number of aromatic amines is 1. The summed E-state index contributed by atoms with van der Waals surface area (Å²) in [6.07, 6.45) is 1.51. The van der Waals surface area contributed by atoms with Crippen LogP contribution in [0.4, 0.5) is 15.9 Å². The molecule has 2 aromatic carbocycles. The first-order chi connectivity index (χ1) is 15.4. The van der Waals surface area contributed by atoms with E-state index in [0.717, 1.165) is 23.7 Å². The Morgan fingerprint density at radius 1 is 1.12 bits per heavy atom. The van der Waals surface area contributed by atoms with E-state index in [1.807, 2.05) is 37.3 Å². The zero-order valence-corrected chi connectivity index (χ0v) is 18.5. The molecule has 32 heavy (non-hydrogen) atoms. The van der Waals surface area contributed by atoms with Crippen LogP contribution in [0.5, 0.6) is 0 Å². The first-order valence-corrected chi connectivity index (χ1v) is 11.2. The number of nitrogens with two attached hydrogens (primary N) is 1. The number of hydrogen-bond acceptors (Lipinski definition) is 5. The van der Waals surface area contributed by atoms with Gasteiger partial charge in [-0.1, -0.05) is 55.8 Å². The van der Waals surface area contributed by atoms with E-state index in [2.05, 4.69) is 4.98 Å². The van der Waals surface area contributed by atoms with Crippen molar-refractivity contribution in [2.75, 3.05) is 16.4 Å². The topological polar surface area (TPSA) is 101 Å². The summed E-state index contributed by atoms with van der Waals surface area (Å²) in [4.78, 5) is 42.1. The highest BCUT2D eigenvalue weighted by Crippen LogP contribution is 2.25. The number of carbonyl (C=O) groups is 1. The van der Waals surface area contributed by atoms with Gasteiger partial charge in [-0.05, 0) is 24.1 Å². The minimum atomic E-state index is -0.736. The van der Waals surface area contributed by atoms with Crippen molar-refractivity contribution in [2.24, 2.45) is 0 Å². The molecule has 3 aromatic rings. The average molecular weight is 457 g/mol. The first-order valence-electron chi connectivity index (χ1n) is 10.3. The van der Waals surface area contributed by atoms with Gasteiger partial charge in [0.1, 0.15) is 11.6 Å². The maximum Gasteiger partial charge on any atom is 0.330 e. The number of rotatable bonds is 9. The molecule has 0 saturated heterocycles. The van der Waals surface area contributed by atoms with E-state index in [1.54, 1.807) is 18.2 Å². The fourth-order valence-electron chi connectivity index (χ4n) is 3.21. The summed E-state index contributed by atoms with van der Waals surface area (Å²) in [5.41, 5.74) is 5.58. The van der Waals surface area contributed by atoms with Crippen molar-refractivity contribution in [3.05, 3.63) is 86.8 Å². The molecule has 0 unspecified atom stereocenters. The van der Waals surface area contributed by atoms with Crippen LogP contribution in [-0.4, -0.2) is 21.2 Å². The van der Waals surface area contributed by atoms with Crippen molar-refractivity contribution in [2.45, 2.75) is 37.8 Å². The Hall–Kier alpha value is -3.33. The van der Waals surface area contributed by atoms with Crippen molar-refractivity contribution >= 4 is 29.2 Å². The Labute approximate surface area is 189 Å². The van der Waals surface area contributed by atoms with Gasteiger partial charge in [-0.25, -0.2) is 9.18 Å². The molecule has 9 heteroatoms. The van der Waals surface area contributed by atoms with E-state index in [0.29, 0.717) is 17.9 Å². The van der Waals surface area contributed by atoms with Gasteiger partial charge in [-0.3, -0.25) is 24.0 Å². The molecule has 0 aliphatic rings. The molecule has 0 bridgehead atoms. The Balaban J connectivity index is 1.99. The highest BCUT2D eigenvalue weighted by Gasteiger charge is 2.25. The van der Waals surface area contributed by atoms with E-state index in [-0.39, 0.29) is 23.8 Å². The lowest BCUT2D eigenvalue weighted by Crippen LogP contribution is -2.41. The first kappa shape index (κ1) is 23.3. The summed E-state index contributed by atoms with van der Waals surface area (Å²) in [7, 11) is 0. The van der Waals surface area contributed by atoms with Gasteiger partial charge < -0.3 is 5.73 Å². The molecular formula is C23H25FN4O3S. The average Bonchev–Trinajstić information content (AvgIpc) is 2.78. The van der Waals surface area contributed by atoms with Crippen molar-refractivity contribution in [3.63, 3.8) is 0 Å². The largest absolute Gasteiger partial charge is 0.383 e. The van der Waals surface area contributed by atoms with Crippen LogP contribution in [0.15, 0.2) is 69.1 Å². The number of halogens is 1. The summed E-state index contributed by atoms with van der Waals surface area (Å²) in [5.74, 6) is -1.03. The SMILES string of the molecule is CCCCn1c(N)c(N(Cc2ccccc2)C(=O)CSc2ccccc2F)c(=O)[nH]c1=O. The molecule has 0 saturated carbocycles. The molecule has 3 N–H and O–H groups in total. The third kappa shape index (κ3) is 5.47. The Morgan fingerprint density at radius 3 is 2.50 bits per heavy atom. The number of amides is 1. The number of anilines is 2. The smallest absolute Gasteiger partial charge is 0.330 e. The third-order valence-electron chi connectivity index (χ3n) is 4.89. The standard InChI is InChI=1S/C23H25FN4O3S/c1-2-3-13-27-21(25)20(22(30)26-23(27)31)28(14-16-9-5-4-6-10-16)19(29)15-32-18-12-8-7-11-17(18)24/h4-12H,2-3,13-15,25H2,1H3,(H,26,30,31). The van der Waals surface area contributed by atoms with Gasteiger partial charge in [-0.2, -0.15) is 0 Å². The number of unbranched alkanes of at least 4 members (excludes halogenated alkanes) is 1. The summed E-state index contributed by atoms with van der Waals surface area (Å²) < 4.78 is 15.3. The molecule has 0 radical (unpaired) electrons. The minimum Gasteiger partial charge on any atom is -0.383 e. The number of hydrogen-bond donors (Lipinski definition) is 2. The second kappa shape index (κ2) is 10.8. The highest BCUT2D eigenvalue weighted by atomic mass is 32.2. The number of nitrogens with zero attached hydrogens (tertiary/aromatic N) is 2. The van der Waals surface area contributed by atoms with E-state index in [1.165, 1.54) is 15.5 Å². The van der Waals surface area contributed by atoms with E-state index >= 15 is 0 Å². The van der Waals surface area contributed by atoms with Crippen molar-refractivity contribution in [3.8, 4) is 0 Å². The van der Waals surface area contributed by atoms with Gasteiger partial charge >= 0.3 is 5.69 Å². The maximum absolute atomic E-state index is 14.0. The molecule has 1 aromatic heterocycles. The van der Waals surface area contributed by atoms with Gasteiger partial charge in [0.15, 0.2) is 5.69 Å². The molecule has 0 fully saturated rings. The number of aromatic nitrogens is 2. The molecule has 1 heterocycles. The fourth-order valence-corrected chi connectivity index (χ4v) is 4.03. The summed E-state index contributed by atoms with van der Waals surface area (Å²) in [5, 5.41) is 0. The molecule has 0 aliphatic heterocycles. The van der Waals surface area contributed by atoms with Crippen LogP contribution in [0, 0.1) is 5.82 Å². The highest BCUT2D eigenvalue weighted by molar-refractivity contribution is 8.00. The zero-order chi connectivity index (χ0) is 23.1. The van der Waals surface area contributed by atoms with Crippen LogP contribution in [0.3, 0.4) is 0 Å². The fraction of sp³-hybridized carbons (Fsp3) is 0.261. The number of nitrogen functional groups attached to an aromatic ring is 1. The zero-order valence-electron chi connectivity index (χ0n) is 17.7. The maximum atomic E-state index is 14.0. The number of carbonyl (C=O) groups excluding carboxylic acids is 1. The van der Waals surface area contributed by atoms with Crippen LogP contribution < -0.4 is 21.9 Å². The van der Waals surface area contributed by atoms with Gasteiger partial charge in [0, 0.05) is 11.4 Å². The van der Waals surface area contributed by atoms with Crippen LogP contribution in [0.2, 0.25) is 0 Å². The summed E-state index contributed by atoms with van der Waals surface area (Å²) in [6, 6.07) is 15.3. The van der Waals surface area contributed by atoms with Gasteiger partial charge in [0.25, 0.3) is 5.56 Å². The lowest BCUT2D eigenvalue weighted by atomic mass is 10.2. The second-order valence-electron chi connectivity index (χ2n) is 7.18. The molecule has 1 amide bonds. The predicted molar refractivity (Wildman–Crippen MR) is 125 cm³/mol. The van der Waals surface area contributed by atoms with Crippen LogP contribution in [0.1, 0.15) is 25.3 Å². The molecule has 3 rings (SSSR count). The van der Waals surface area contributed by atoms with E-state index < -0.39 is 23.0 Å². The van der Waals surface area contributed by atoms with Crippen molar-refractivity contribution in [1.29, 1.82) is 0 Å². The van der Waals surface area contributed by atoms with Crippen LogP contribution in [-0.2, 0) is 17.9 Å². The van der Waals surface area contributed by atoms with Crippen molar-refractivity contribution < 1.29 is 9.18 Å². The van der Waals surface area contributed by atoms with Gasteiger partial charge in [0.05, 0.1) is 12.3 Å². The van der Waals surface area contributed by atoms with Crippen LogP contribution in [0.25, 0.3) is 0 Å². The third-order valence-corrected chi connectivity index (χ3v) is 5.93. The van der Waals surface area contributed by atoms with Crippen molar-refractivity contribution in [1.82, 2.24) is 9.55 Å². The lowest BCUT2D eigenvalue weighted by molar-refractivity contribution is -0.116. The molecule has 168 valence electrons. The number of benzene rings is 2. The number of H-pyrrole nitrogens is 1. The Kier molecular flexibility index (Phi) is 7.88. The monoisotopic (exact) mass is 456 g/mol. The molecule has 0 spiro atoms. The second-order valence-corrected chi connectivity index (χ2v) is 8.20.